The summed E-state index contributed by atoms with van der Waals surface area (Å²) in [7, 11) is 1.89. The van der Waals surface area contributed by atoms with E-state index in [1.807, 2.05) is 31.9 Å². The Kier molecular flexibility index (Phi) is 3.05. The number of dihydropyridines is 1. The fraction of sp³-hybridized carbons (Fsp3) is 0.176. The van der Waals surface area contributed by atoms with Gasteiger partial charge in [0.2, 0.25) is 0 Å². The molecule has 0 spiro atoms. The average molecular weight is 302 g/mol. The van der Waals surface area contributed by atoms with Gasteiger partial charge in [0.1, 0.15) is 6.07 Å². The lowest BCUT2D eigenvalue weighted by Crippen LogP contribution is -1.99. The highest BCUT2D eigenvalue weighted by Crippen LogP contribution is 2.30. The molecule has 6 heteroatoms. The summed E-state index contributed by atoms with van der Waals surface area (Å²) < 4.78 is 3.55. The molecule has 0 aliphatic carbocycles. The number of fused-ring (bicyclic) bond motifs is 1. The molecule has 0 aromatic carbocycles. The Morgan fingerprint density at radius 3 is 2.78 bits per heavy atom. The minimum Gasteiger partial charge on any atom is -0.293 e. The second-order valence-corrected chi connectivity index (χ2v) is 5.49. The third kappa shape index (κ3) is 2.23. The van der Waals surface area contributed by atoms with Crippen LogP contribution in [0.1, 0.15) is 17.5 Å². The van der Waals surface area contributed by atoms with Gasteiger partial charge in [-0.3, -0.25) is 9.67 Å². The second-order valence-electron chi connectivity index (χ2n) is 5.49. The van der Waals surface area contributed by atoms with E-state index in [4.69, 9.17) is 0 Å². The third-order valence-corrected chi connectivity index (χ3v) is 4.00. The van der Waals surface area contributed by atoms with Crippen LogP contribution < -0.4 is 0 Å². The predicted octanol–water partition coefficient (Wildman–Crippen LogP) is 2.46. The molecule has 6 nitrogen and oxygen atoms in total. The van der Waals surface area contributed by atoms with Gasteiger partial charge in [0, 0.05) is 48.8 Å². The van der Waals surface area contributed by atoms with Crippen molar-refractivity contribution in [2.75, 3.05) is 6.54 Å². The van der Waals surface area contributed by atoms with Crippen LogP contribution in [0.3, 0.4) is 0 Å². The van der Waals surface area contributed by atoms with E-state index in [1.165, 1.54) is 5.57 Å². The molecule has 3 aromatic rings. The largest absolute Gasteiger partial charge is 0.293 e. The minimum absolute atomic E-state index is 0.584. The molecule has 0 saturated heterocycles. The molecular weight excluding hydrogens is 288 g/mol. The molecule has 0 amide bonds. The Balaban J connectivity index is 1.98. The van der Waals surface area contributed by atoms with Gasteiger partial charge in [-0.15, -0.1) is 0 Å². The first-order valence-corrected chi connectivity index (χ1v) is 7.34. The van der Waals surface area contributed by atoms with Gasteiger partial charge in [-0.25, -0.2) is 4.52 Å². The Hall–Kier alpha value is -3.20. The van der Waals surface area contributed by atoms with Gasteiger partial charge in [0.15, 0.2) is 0 Å². The van der Waals surface area contributed by atoms with Crippen molar-refractivity contribution in [3.63, 3.8) is 0 Å². The zero-order chi connectivity index (χ0) is 15.8. The number of aryl methyl sites for hydroxylation is 1. The van der Waals surface area contributed by atoms with E-state index in [0.717, 1.165) is 28.6 Å². The van der Waals surface area contributed by atoms with E-state index < -0.39 is 0 Å². The number of allylic oxidation sites excluding steroid dienone is 1. The quantitative estimate of drug-likeness (QED) is 0.730. The summed E-state index contributed by atoms with van der Waals surface area (Å²) in [6, 6.07) is 4.34. The maximum Gasteiger partial charge on any atom is 0.103 e. The standard InChI is InChI=1S/C17H14N6/c1-22-10-15(9-20-22)13-6-16(12-2-4-19-5-3-12)17-14(7-18)8-21-23(17)11-13/h2,5-6,8-11H,3-4H2,1H3. The fourth-order valence-electron chi connectivity index (χ4n) is 2.88. The summed E-state index contributed by atoms with van der Waals surface area (Å²) in [5, 5.41) is 18.0. The molecule has 0 radical (unpaired) electrons. The predicted molar refractivity (Wildman–Crippen MR) is 88.1 cm³/mol. The van der Waals surface area contributed by atoms with Gasteiger partial charge in [-0.1, -0.05) is 6.08 Å². The van der Waals surface area contributed by atoms with Gasteiger partial charge in [-0.2, -0.15) is 15.5 Å². The van der Waals surface area contributed by atoms with Crippen LogP contribution in [0.15, 0.2) is 41.9 Å². The van der Waals surface area contributed by atoms with Crippen molar-refractivity contribution in [1.82, 2.24) is 19.4 Å². The van der Waals surface area contributed by atoms with Crippen LogP contribution in [0.4, 0.5) is 0 Å². The number of hydrogen-bond acceptors (Lipinski definition) is 4. The maximum atomic E-state index is 9.37. The molecule has 0 bridgehead atoms. The van der Waals surface area contributed by atoms with Crippen LogP contribution in [0.5, 0.6) is 0 Å². The van der Waals surface area contributed by atoms with Crippen LogP contribution in [-0.4, -0.2) is 32.2 Å². The first-order valence-electron chi connectivity index (χ1n) is 7.34. The van der Waals surface area contributed by atoms with E-state index >= 15 is 0 Å². The third-order valence-electron chi connectivity index (χ3n) is 4.00. The lowest BCUT2D eigenvalue weighted by Gasteiger charge is -2.12. The van der Waals surface area contributed by atoms with Crippen molar-refractivity contribution < 1.29 is 0 Å². The molecule has 23 heavy (non-hydrogen) atoms. The van der Waals surface area contributed by atoms with Gasteiger partial charge in [-0.05, 0) is 11.6 Å². The van der Waals surface area contributed by atoms with Crippen LogP contribution in [-0.2, 0) is 7.05 Å². The molecule has 4 heterocycles. The second kappa shape index (κ2) is 5.21. The monoisotopic (exact) mass is 302 g/mol. The highest BCUT2D eigenvalue weighted by Gasteiger charge is 2.16. The van der Waals surface area contributed by atoms with Crippen molar-refractivity contribution >= 4 is 17.3 Å². The molecule has 4 rings (SSSR count). The van der Waals surface area contributed by atoms with Crippen molar-refractivity contribution in [2.45, 2.75) is 6.42 Å². The Morgan fingerprint density at radius 1 is 1.17 bits per heavy atom. The highest BCUT2D eigenvalue weighted by molar-refractivity contribution is 5.90. The fourth-order valence-corrected chi connectivity index (χ4v) is 2.88. The van der Waals surface area contributed by atoms with Gasteiger partial charge in [0.05, 0.1) is 30.0 Å². The van der Waals surface area contributed by atoms with E-state index in [2.05, 4.69) is 33.4 Å². The zero-order valence-corrected chi connectivity index (χ0v) is 12.6. The maximum absolute atomic E-state index is 9.37. The highest BCUT2D eigenvalue weighted by atomic mass is 15.2. The zero-order valence-electron chi connectivity index (χ0n) is 12.6. The summed E-state index contributed by atoms with van der Waals surface area (Å²) in [5.41, 5.74) is 5.69. The summed E-state index contributed by atoms with van der Waals surface area (Å²) >= 11 is 0. The van der Waals surface area contributed by atoms with Crippen LogP contribution in [0.25, 0.3) is 22.2 Å². The molecule has 0 saturated carbocycles. The summed E-state index contributed by atoms with van der Waals surface area (Å²) in [4.78, 5) is 4.24. The minimum atomic E-state index is 0.584. The topological polar surface area (TPSA) is 71.3 Å². The molecule has 112 valence electrons. The molecular formula is C17H14N6. The summed E-state index contributed by atoms with van der Waals surface area (Å²) in [6.45, 7) is 0.675. The first kappa shape index (κ1) is 13.5. The van der Waals surface area contributed by atoms with Gasteiger partial charge >= 0.3 is 0 Å². The number of nitriles is 1. The van der Waals surface area contributed by atoms with Crippen LogP contribution >= 0.6 is 0 Å². The number of rotatable bonds is 2. The molecule has 3 aromatic heterocycles. The molecule has 0 atom stereocenters. The van der Waals surface area contributed by atoms with Gasteiger partial charge in [0.25, 0.3) is 0 Å². The van der Waals surface area contributed by atoms with E-state index in [9.17, 15) is 5.26 Å². The summed E-state index contributed by atoms with van der Waals surface area (Å²) in [5.74, 6) is 0. The first-order chi connectivity index (χ1) is 11.3. The lowest BCUT2D eigenvalue weighted by molar-refractivity contribution is 0.768. The average Bonchev–Trinajstić information content (AvgIpc) is 3.20. The van der Waals surface area contributed by atoms with Crippen LogP contribution in [0.2, 0.25) is 0 Å². The van der Waals surface area contributed by atoms with Crippen molar-refractivity contribution in [3.8, 4) is 17.2 Å². The van der Waals surface area contributed by atoms with Gasteiger partial charge < -0.3 is 0 Å². The number of aliphatic imine (C=N–C) groups is 1. The van der Waals surface area contributed by atoms with E-state index in [0.29, 0.717) is 12.1 Å². The molecule has 0 unspecified atom stereocenters. The number of nitrogens with zero attached hydrogens (tertiary/aromatic N) is 6. The Morgan fingerprint density at radius 2 is 2.09 bits per heavy atom. The van der Waals surface area contributed by atoms with Crippen molar-refractivity contribution in [3.05, 3.63) is 48.1 Å². The normalized spacial score (nSPS) is 14.0. The SMILES string of the molecule is Cn1cc(-c2cc(C3=CCN=CC3)c3c(C#N)cnn3c2)cn1. The van der Waals surface area contributed by atoms with Crippen molar-refractivity contribution in [1.29, 1.82) is 5.26 Å². The smallest absolute Gasteiger partial charge is 0.103 e. The summed E-state index contributed by atoms with van der Waals surface area (Å²) in [6.07, 6.45) is 12.1. The molecule has 1 aliphatic rings. The Bertz CT molecular complexity index is 996. The molecule has 0 N–H and O–H groups in total. The van der Waals surface area contributed by atoms with Crippen molar-refractivity contribution in [2.24, 2.45) is 12.0 Å². The van der Waals surface area contributed by atoms with E-state index in [1.54, 1.807) is 15.4 Å². The number of aromatic nitrogens is 4. The van der Waals surface area contributed by atoms with Crippen LogP contribution in [0, 0.1) is 11.3 Å². The Labute approximate surface area is 133 Å². The molecule has 0 fully saturated rings. The number of hydrogen-bond donors (Lipinski definition) is 0. The molecule has 1 aliphatic heterocycles. The van der Waals surface area contributed by atoms with E-state index in [-0.39, 0.29) is 0 Å². The lowest BCUT2D eigenvalue weighted by atomic mass is 9.97. The number of pyridine rings is 1.